The molecule has 34 heavy (non-hydrogen) atoms. The number of carbonyl (C=O) groups is 1. The van der Waals surface area contributed by atoms with E-state index in [4.69, 9.17) is 5.73 Å². The SMILES string of the molecule is Cc1nnc(NCc2cc(N)cc(C(F)(F)F)n2)c2cc(N3CC4(CCN(C)C4=O)C3)ncc12. The Labute approximate surface area is 193 Å². The van der Waals surface area contributed by atoms with Crippen LogP contribution in [0.25, 0.3) is 10.8 Å². The van der Waals surface area contributed by atoms with E-state index in [0.717, 1.165) is 29.8 Å². The molecule has 0 atom stereocenters. The second-order valence-corrected chi connectivity index (χ2v) is 8.96. The van der Waals surface area contributed by atoms with Gasteiger partial charge in [0.2, 0.25) is 5.91 Å². The van der Waals surface area contributed by atoms with Gasteiger partial charge < -0.3 is 20.9 Å². The molecule has 3 N–H and O–H groups in total. The number of rotatable bonds is 4. The van der Waals surface area contributed by atoms with Crippen molar-refractivity contribution in [3.8, 4) is 0 Å². The van der Waals surface area contributed by atoms with Crippen LogP contribution in [0, 0.1) is 12.3 Å². The number of nitrogens with one attached hydrogen (secondary N) is 1. The molecule has 2 fully saturated rings. The number of aromatic nitrogens is 4. The van der Waals surface area contributed by atoms with Crippen LogP contribution in [0.3, 0.4) is 0 Å². The van der Waals surface area contributed by atoms with Crippen LogP contribution in [0.5, 0.6) is 0 Å². The average molecular weight is 472 g/mol. The molecular weight excluding hydrogens is 449 g/mol. The van der Waals surface area contributed by atoms with Crippen LogP contribution in [-0.2, 0) is 17.5 Å². The number of alkyl halides is 3. The average Bonchev–Trinajstić information content (AvgIpc) is 3.06. The van der Waals surface area contributed by atoms with Crippen LogP contribution in [0.4, 0.5) is 30.5 Å². The van der Waals surface area contributed by atoms with Gasteiger partial charge in [-0.2, -0.15) is 18.3 Å². The van der Waals surface area contributed by atoms with Gasteiger partial charge in [-0.1, -0.05) is 0 Å². The lowest BCUT2D eigenvalue weighted by Gasteiger charge is -2.47. The summed E-state index contributed by atoms with van der Waals surface area (Å²) in [5.74, 6) is 1.27. The number of hydrogen-bond acceptors (Lipinski definition) is 8. The van der Waals surface area contributed by atoms with Crippen LogP contribution >= 0.6 is 0 Å². The van der Waals surface area contributed by atoms with Crippen molar-refractivity contribution in [3.05, 3.63) is 41.5 Å². The van der Waals surface area contributed by atoms with Crippen molar-refractivity contribution in [2.45, 2.75) is 26.1 Å². The van der Waals surface area contributed by atoms with E-state index in [2.05, 4.69) is 25.5 Å². The van der Waals surface area contributed by atoms with E-state index in [1.807, 2.05) is 18.0 Å². The zero-order chi connectivity index (χ0) is 24.3. The summed E-state index contributed by atoms with van der Waals surface area (Å²) in [7, 11) is 1.82. The number of aryl methyl sites for hydroxylation is 1. The number of nitrogen functional groups attached to an aromatic ring is 1. The molecule has 12 heteroatoms. The molecule has 3 aromatic rings. The Hall–Kier alpha value is -3.70. The van der Waals surface area contributed by atoms with Crippen molar-refractivity contribution in [2.24, 2.45) is 5.41 Å². The minimum Gasteiger partial charge on any atom is -0.399 e. The van der Waals surface area contributed by atoms with Gasteiger partial charge >= 0.3 is 6.18 Å². The van der Waals surface area contributed by atoms with Crippen LogP contribution in [-0.4, -0.2) is 57.7 Å². The van der Waals surface area contributed by atoms with Crippen molar-refractivity contribution in [3.63, 3.8) is 0 Å². The fourth-order valence-corrected chi connectivity index (χ4v) is 4.62. The third-order valence-corrected chi connectivity index (χ3v) is 6.50. The van der Waals surface area contributed by atoms with E-state index < -0.39 is 11.9 Å². The Kier molecular flexibility index (Phi) is 4.99. The molecular formula is C22H23F3N8O. The summed E-state index contributed by atoms with van der Waals surface area (Å²) in [4.78, 5) is 24.5. The molecule has 0 aromatic carbocycles. The van der Waals surface area contributed by atoms with E-state index in [1.165, 1.54) is 6.07 Å². The van der Waals surface area contributed by atoms with Crippen molar-refractivity contribution >= 4 is 34.0 Å². The molecule has 0 unspecified atom stereocenters. The van der Waals surface area contributed by atoms with Crippen molar-refractivity contribution < 1.29 is 18.0 Å². The van der Waals surface area contributed by atoms with Gasteiger partial charge in [0, 0.05) is 49.3 Å². The molecule has 3 aromatic heterocycles. The quantitative estimate of drug-likeness (QED) is 0.596. The molecule has 0 saturated carbocycles. The lowest BCUT2D eigenvalue weighted by atomic mass is 9.78. The highest BCUT2D eigenvalue weighted by atomic mass is 19.4. The molecule has 1 spiro atoms. The van der Waals surface area contributed by atoms with E-state index in [0.29, 0.717) is 30.4 Å². The first kappa shape index (κ1) is 22.1. The zero-order valence-electron chi connectivity index (χ0n) is 18.6. The summed E-state index contributed by atoms with van der Waals surface area (Å²) in [5.41, 5.74) is 5.04. The smallest absolute Gasteiger partial charge is 0.399 e. The highest BCUT2D eigenvalue weighted by Crippen LogP contribution is 2.42. The van der Waals surface area contributed by atoms with Crippen LogP contribution < -0.4 is 16.0 Å². The topological polar surface area (TPSA) is 113 Å². The first-order valence-electron chi connectivity index (χ1n) is 10.8. The van der Waals surface area contributed by atoms with Crippen molar-refractivity contribution in [1.82, 2.24) is 25.1 Å². The van der Waals surface area contributed by atoms with Gasteiger partial charge in [0.1, 0.15) is 11.5 Å². The first-order valence-corrected chi connectivity index (χ1v) is 10.8. The summed E-state index contributed by atoms with van der Waals surface area (Å²) < 4.78 is 39.2. The maximum atomic E-state index is 13.1. The molecule has 2 saturated heterocycles. The Balaban J connectivity index is 1.40. The van der Waals surface area contributed by atoms with Gasteiger partial charge in [-0.05, 0) is 31.5 Å². The fraction of sp³-hybridized carbons (Fsp3) is 0.409. The number of nitrogens with zero attached hydrogens (tertiary/aromatic N) is 6. The van der Waals surface area contributed by atoms with Gasteiger partial charge in [-0.25, -0.2) is 9.97 Å². The van der Waals surface area contributed by atoms with Gasteiger partial charge in [0.05, 0.1) is 23.3 Å². The number of pyridine rings is 2. The molecule has 5 rings (SSSR count). The predicted octanol–water partition coefficient (Wildman–Crippen LogP) is 2.61. The van der Waals surface area contributed by atoms with E-state index >= 15 is 0 Å². The second kappa shape index (κ2) is 7.67. The fourth-order valence-electron chi connectivity index (χ4n) is 4.62. The number of amides is 1. The van der Waals surface area contributed by atoms with E-state index in [-0.39, 0.29) is 29.2 Å². The van der Waals surface area contributed by atoms with Crippen LogP contribution in [0.15, 0.2) is 24.4 Å². The third kappa shape index (κ3) is 3.72. The van der Waals surface area contributed by atoms with Gasteiger partial charge in [0.25, 0.3) is 0 Å². The Morgan fingerprint density at radius 2 is 1.94 bits per heavy atom. The molecule has 9 nitrogen and oxygen atoms in total. The lowest BCUT2D eigenvalue weighted by molar-refractivity contribution is -0.141. The maximum Gasteiger partial charge on any atom is 0.433 e. The molecule has 0 aliphatic carbocycles. The predicted molar refractivity (Wildman–Crippen MR) is 120 cm³/mol. The highest BCUT2D eigenvalue weighted by Gasteiger charge is 2.54. The molecule has 178 valence electrons. The zero-order valence-corrected chi connectivity index (χ0v) is 18.6. The highest BCUT2D eigenvalue weighted by molar-refractivity contribution is 5.94. The van der Waals surface area contributed by atoms with Gasteiger partial charge in [-0.15, -0.1) is 5.10 Å². The van der Waals surface area contributed by atoms with Crippen molar-refractivity contribution in [2.75, 3.05) is 42.6 Å². The van der Waals surface area contributed by atoms with E-state index in [1.54, 1.807) is 18.0 Å². The molecule has 2 aliphatic rings. The first-order chi connectivity index (χ1) is 16.1. The summed E-state index contributed by atoms with van der Waals surface area (Å²) in [6.45, 7) is 3.74. The third-order valence-electron chi connectivity index (χ3n) is 6.50. The monoisotopic (exact) mass is 472 g/mol. The maximum absolute atomic E-state index is 13.1. The Morgan fingerprint density at radius 1 is 1.18 bits per heavy atom. The number of fused-ring (bicyclic) bond motifs is 1. The normalized spacial score (nSPS) is 17.5. The molecule has 0 radical (unpaired) electrons. The molecule has 2 aliphatic heterocycles. The number of carbonyl (C=O) groups excluding carboxylic acids is 1. The number of nitrogens with two attached hydrogens (primary N) is 1. The number of likely N-dealkylation sites (tertiary alicyclic amines) is 1. The second-order valence-electron chi connectivity index (χ2n) is 8.96. The molecule has 5 heterocycles. The Morgan fingerprint density at radius 3 is 2.62 bits per heavy atom. The summed E-state index contributed by atoms with van der Waals surface area (Å²) in [6.07, 6.45) is -2.06. The van der Waals surface area contributed by atoms with E-state index in [9.17, 15) is 18.0 Å². The van der Waals surface area contributed by atoms with Crippen LogP contribution in [0.1, 0.15) is 23.5 Å². The van der Waals surface area contributed by atoms with Gasteiger partial charge in [-0.3, -0.25) is 4.79 Å². The summed E-state index contributed by atoms with van der Waals surface area (Å²) >= 11 is 0. The molecule has 0 bridgehead atoms. The number of hydrogen-bond donors (Lipinski definition) is 2. The summed E-state index contributed by atoms with van der Waals surface area (Å²) in [6, 6.07) is 4.05. The molecule has 1 amide bonds. The number of halogens is 3. The minimum absolute atomic E-state index is 0.0215. The van der Waals surface area contributed by atoms with Crippen molar-refractivity contribution in [1.29, 1.82) is 0 Å². The largest absolute Gasteiger partial charge is 0.433 e. The summed E-state index contributed by atoms with van der Waals surface area (Å²) in [5, 5.41) is 12.9. The minimum atomic E-state index is -4.59. The standard InChI is InChI=1S/C22H23F3N8O/c1-12-16-9-27-18(33-10-21(11-33)3-4-32(2)20(21)34)7-15(16)19(31-30-12)28-8-14-5-13(26)6-17(29-14)22(23,24)25/h5-7,9H,3-4,8,10-11H2,1-2H3,(H2,26,29)(H,28,31). The lowest BCUT2D eigenvalue weighted by Crippen LogP contribution is -2.60. The van der Waals surface area contributed by atoms with Gasteiger partial charge in [0.15, 0.2) is 5.82 Å². The number of anilines is 3. The van der Waals surface area contributed by atoms with Crippen LogP contribution in [0.2, 0.25) is 0 Å². The Bertz CT molecular complexity index is 1290.